The van der Waals surface area contributed by atoms with Crippen LogP contribution in [0.15, 0.2) is 59.5 Å². The maximum Gasteiger partial charge on any atom is 0.264 e. The second kappa shape index (κ2) is 18.0. The zero-order valence-electron chi connectivity index (χ0n) is 32.9. The smallest absolute Gasteiger partial charge is 0.264 e. The van der Waals surface area contributed by atoms with Crippen molar-refractivity contribution in [1.29, 1.82) is 0 Å². The average molecular weight is 892 g/mol. The molecule has 0 aliphatic carbocycles. The van der Waals surface area contributed by atoms with Crippen molar-refractivity contribution in [3.05, 3.63) is 109 Å². The van der Waals surface area contributed by atoms with E-state index < -0.39 is 51.2 Å². The molecule has 4 aromatic rings. The van der Waals surface area contributed by atoms with Gasteiger partial charge in [-0.2, -0.15) is 0 Å². The number of hydrogen-bond donors (Lipinski definition) is 5. The highest BCUT2D eigenvalue weighted by molar-refractivity contribution is 7.90. The summed E-state index contributed by atoms with van der Waals surface area (Å²) in [6.45, 7) is 4.93. The van der Waals surface area contributed by atoms with Crippen LogP contribution in [0.2, 0.25) is 10.0 Å². The first kappa shape index (κ1) is 43.2. The van der Waals surface area contributed by atoms with E-state index in [1.54, 1.807) is 50.3 Å². The minimum atomic E-state index is -3.91. The summed E-state index contributed by atoms with van der Waals surface area (Å²) in [4.78, 5) is 80.6. The number of aromatic amines is 1. The predicted molar refractivity (Wildman–Crippen MR) is 226 cm³/mol. The van der Waals surface area contributed by atoms with Gasteiger partial charge in [-0.3, -0.25) is 39.0 Å². The molecular weight excluding hydrogens is 851 g/mol. The van der Waals surface area contributed by atoms with Crippen LogP contribution in [0.1, 0.15) is 72.0 Å². The van der Waals surface area contributed by atoms with Gasteiger partial charge in [0.25, 0.3) is 23.6 Å². The molecule has 1 fully saturated rings. The van der Waals surface area contributed by atoms with Crippen LogP contribution in [0, 0.1) is 13.8 Å². The number of imide groups is 2. The highest BCUT2D eigenvalue weighted by Gasteiger charge is 2.45. The van der Waals surface area contributed by atoms with Crippen LogP contribution in [0.5, 0.6) is 0 Å². The van der Waals surface area contributed by atoms with Crippen LogP contribution < -0.4 is 21.3 Å². The molecule has 0 radical (unpaired) electrons. The number of anilines is 2. The monoisotopic (exact) mass is 890 g/mol. The Labute approximate surface area is 360 Å². The van der Waals surface area contributed by atoms with Crippen molar-refractivity contribution in [3.63, 3.8) is 0 Å². The van der Waals surface area contributed by atoms with Crippen LogP contribution in [0.25, 0.3) is 11.6 Å². The van der Waals surface area contributed by atoms with Crippen molar-refractivity contribution < 1.29 is 46.7 Å². The van der Waals surface area contributed by atoms with Gasteiger partial charge in [-0.25, -0.2) is 8.42 Å². The fourth-order valence-electron chi connectivity index (χ4n) is 7.42. The van der Waals surface area contributed by atoms with E-state index in [2.05, 4.69) is 26.3 Å². The van der Waals surface area contributed by atoms with E-state index in [-0.39, 0.29) is 88.9 Å². The number of nitrogens with zero attached hydrogens (tertiary/aromatic N) is 1. The number of aryl methyl sites for hydroxylation is 1. The molecule has 61 heavy (non-hydrogen) atoms. The second-order valence-corrected chi connectivity index (χ2v) is 17.2. The molecule has 1 unspecified atom stereocenters. The van der Waals surface area contributed by atoms with Gasteiger partial charge in [0.15, 0.2) is 9.84 Å². The molecule has 4 heterocycles. The number of benzene rings is 3. The molecule has 1 aromatic heterocycles. The van der Waals surface area contributed by atoms with Crippen LogP contribution in [0.3, 0.4) is 0 Å². The number of nitrogens with one attached hydrogen (secondary N) is 5. The topological polar surface area (TPSA) is 222 Å². The summed E-state index contributed by atoms with van der Waals surface area (Å²) >= 11 is 12.5. The highest BCUT2D eigenvalue weighted by atomic mass is 35.5. The summed E-state index contributed by atoms with van der Waals surface area (Å²) in [5.41, 5.74) is 4.15. The molecule has 5 N–H and O–H groups in total. The predicted octanol–water partition coefficient (Wildman–Crippen LogP) is 4.68. The van der Waals surface area contributed by atoms with E-state index in [0.717, 1.165) is 4.90 Å². The van der Waals surface area contributed by atoms with Gasteiger partial charge >= 0.3 is 0 Å². The quantitative estimate of drug-likeness (QED) is 0.0591. The molecule has 0 bridgehead atoms. The maximum atomic E-state index is 13.4. The number of piperidine rings is 1. The van der Waals surface area contributed by atoms with Crippen molar-refractivity contribution in [1.82, 2.24) is 20.5 Å². The fraction of sp³-hybridized carbons (Fsp3) is 0.286. The Hall–Kier alpha value is -5.85. The summed E-state index contributed by atoms with van der Waals surface area (Å²) in [6.07, 6.45) is 1.69. The van der Waals surface area contributed by atoms with Gasteiger partial charge in [-0.05, 0) is 74.4 Å². The molecule has 7 rings (SSSR count). The van der Waals surface area contributed by atoms with Crippen molar-refractivity contribution in [2.75, 3.05) is 50.2 Å². The molecule has 0 spiro atoms. The van der Waals surface area contributed by atoms with Gasteiger partial charge in [0.2, 0.25) is 11.8 Å². The summed E-state index contributed by atoms with van der Waals surface area (Å²) in [5, 5.41) is 11.3. The Morgan fingerprint density at radius 3 is 2.31 bits per heavy atom. The summed E-state index contributed by atoms with van der Waals surface area (Å²) in [7, 11) is -3.91. The summed E-state index contributed by atoms with van der Waals surface area (Å²) in [5.74, 6) is -3.52. The standard InChI is InChI=1S/C42H40Cl2N6O10S/c1-22-33(20-27-26-19-24(9-10-31(26)48-38(27)52)61(57,58)21-28-29(43)6-4-7-30(28)44)47-23(2)36(22)40(54)46-14-16-60-18-17-59-15-13-45-32-8-3-5-25-37(32)42(56)50(41(25)55)34-11-12-35(51)49-39(34)53/h3-10,19-20,34,45,47H,11-18,21H2,1-2H3,(H,46,54)(H,48,52)(H,49,51,53). The van der Waals surface area contributed by atoms with E-state index >= 15 is 0 Å². The van der Waals surface area contributed by atoms with Crippen LogP contribution in [-0.4, -0.2) is 99.3 Å². The Morgan fingerprint density at radius 1 is 0.885 bits per heavy atom. The van der Waals surface area contributed by atoms with Crippen molar-refractivity contribution >= 4 is 91.5 Å². The van der Waals surface area contributed by atoms with E-state index in [9.17, 15) is 37.2 Å². The number of sulfone groups is 1. The van der Waals surface area contributed by atoms with Gasteiger partial charge in [0.05, 0.1) is 59.3 Å². The van der Waals surface area contributed by atoms with Gasteiger partial charge in [-0.15, -0.1) is 0 Å². The molecule has 3 aliphatic rings. The van der Waals surface area contributed by atoms with Gasteiger partial charge < -0.3 is 30.4 Å². The third kappa shape index (κ3) is 8.97. The molecule has 1 saturated heterocycles. The third-order valence-electron chi connectivity index (χ3n) is 10.5. The zero-order valence-corrected chi connectivity index (χ0v) is 35.2. The Morgan fingerprint density at radius 2 is 1.59 bits per heavy atom. The molecule has 3 aromatic carbocycles. The summed E-state index contributed by atoms with van der Waals surface area (Å²) in [6, 6.07) is 12.9. The largest absolute Gasteiger partial charge is 0.382 e. The first-order valence-corrected chi connectivity index (χ1v) is 21.6. The van der Waals surface area contributed by atoms with Gasteiger partial charge in [-0.1, -0.05) is 35.3 Å². The van der Waals surface area contributed by atoms with Crippen molar-refractivity contribution in [3.8, 4) is 0 Å². The van der Waals surface area contributed by atoms with E-state index in [4.69, 9.17) is 32.7 Å². The average Bonchev–Trinajstić information content (AvgIpc) is 3.79. The SMILES string of the molecule is Cc1[nH]c(C=C2C(=O)Nc3ccc(S(=O)(=O)Cc4c(Cl)cccc4Cl)cc32)c(C)c1C(=O)NCCOCCOCCNc1cccc2c1C(=O)N(C1CCC(=O)NC1=O)C2=O. The van der Waals surface area contributed by atoms with Crippen LogP contribution in [0.4, 0.5) is 11.4 Å². The van der Waals surface area contributed by atoms with Gasteiger partial charge in [0, 0.05) is 63.4 Å². The van der Waals surface area contributed by atoms with Crippen molar-refractivity contribution in [2.45, 2.75) is 43.4 Å². The highest BCUT2D eigenvalue weighted by Crippen LogP contribution is 2.37. The fourth-order valence-corrected chi connectivity index (χ4v) is 9.54. The number of H-pyrrole nitrogens is 1. The molecule has 0 saturated carbocycles. The Bertz CT molecular complexity index is 2620. The van der Waals surface area contributed by atoms with E-state index in [1.807, 2.05) is 0 Å². The Kier molecular flexibility index (Phi) is 12.8. The summed E-state index contributed by atoms with van der Waals surface area (Å²) < 4.78 is 38.1. The molecule has 318 valence electrons. The molecule has 6 amide bonds. The van der Waals surface area contributed by atoms with Crippen LogP contribution in [-0.2, 0) is 39.4 Å². The normalized spacial score (nSPS) is 16.8. The molecular formula is C42H40Cl2N6O10S. The van der Waals surface area contributed by atoms with Crippen LogP contribution >= 0.6 is 23.2 Å². The molecule has 16 nitrogen and oxygen atoms in total. The number of fused-ring (bicyclic) bond motifs is 2. The van der Waals surface area contributed by atoms with Gasteiger partial charge in [0.1, 0.15) is 6.04 Å². The van der Waals surface area contributed by atoms with Crippen molar-refractivity contribution in [2.24, 2.45) is 0 Å². The molecule has 3 aliphatic heterocycles. The van der Waals surface area contributed by atoms with E-state index in [1.165, 1.54) is 24.3 Å². The minimum absolute atomic E-state index is 0.0121. The lowest BCUT2D eigenvalue weighted by Gasteiger charge is -2.27. The minimum Gasteiger partial charge on any atom is -0.382 e. The first-order chi connectivity index (χ1) is 29.2. The zero-order chi connectivity index (χ0) is 43.6. The number of ether oxygens (including phenoxy) is 2. The molecule has 19 heteroatoms. The number of carbonyl (C=O) groups excluding carboxylic acids is 6. The number of amides is 6. The van der Waals surface area contributed by atoms with E-state index in [0.29, 0.717) is 46.0 Å². The number of rotatable bonds is 16. The number of halogens is 2. The third-order valence-corrected chi connectivity index (χ3v) is 12.8. The second-order valence-electron chi connectivity index (χ2n) is 14.4. The molecule has 1 atom stereocenters. The lowest BCUT2D eigenvalue weighted by Crippen LogP contribution is -2.54. The Balaban J connectivity index is 0.867. The lowest BCUT2D eigenvalue weighted by molar-refractivity contribution is -0.136. The number of hydrogen-bond acceptors (Lipinski definition) is 11. The number of carbonyl (C=O) groups is 6. The number of aromatic nitrogens is 1. The first-order valence-electron chi connectivity index (χ1n) is 19.2. The lowest BCUT2D eigenvalue weighted by atomic mass is 10.0. The maximum absolute atomic E-state index is 13.4.